The highest BCUT2D eigenvalue weighted by molar-refractivity contribution is 9.68. The molecular weight excluding hydrogens is 219 g/mol. The van der Waals surface area contributed by atoms with Gasteiger partial charge < -0.3 is 4.52 Å². The van der Waals surface area contributed by atoms with Crippen molar-refractivity contribution in [2.24, 2.45) is 0 Å². The standard InChI is InChI=1S/CH3Br2OP/c1-4-5(2)3/h1H3. The lowest BCUT2D eigenvalue weighted by molar-refractivity contribution is 0.483. The van der Waals surface area contributed by atoms with Crippen LogP contribution in [0.1, 0.15) is 0 Å². The second-order valence-electron chi connectivity index (χ2n) is 0.384. The normalized spacial score (nSPS) is 9.60. The van der Waals surface area contributed by atoms with Gasteiger partial charge in [-0.3, -0.25) is 0 Å². The summed E-state index contributed by atoms with van der Waals surface area (Å²) in [6.07, 6.45) is 0. The van der Waals surface area contributed by atoms with Crippen molar-refractivity contribution >= 4 is 36.5 Å². The van der Waals surface area contributed by atoms with E-state index in [1.165, 1.54) is 0 Å². The van der Waals surface area contributed by atoms with Gasteiger partial charge in [0.25, 0.3) is 0 Å². The number of hydrogen-bond acceptors (Lipinski definition) is 1. The van der Waals surface area contributed by atoms with Gasteiger partial charge in [0.1, 0.15) is 0 Å². The van der Waals surface area contributed by atoms with E-state index in [-0.39, 0.29) is 0 Å². The van der Waals surface area contributed by atoms with Crippen LogP contribution in [0.4, 0.5) is 0 Å². The molecule has 1 nitrogen and oxygen atoms in total. The summed E-state index contributed by atoms with van der Waals surface area (Å²) in [6.45, 7) is 0. The first-order valence-corrected chi connectivity index (χ1v) is 6.23. The Kier molecular flexibility index (Phi) is 4.49. The first-order chi connectivity index (χ1) is 2.27. The van der Waals surface area contributed by atoms with Gasteiger partial charge >= 0.3 is 0 Å². The van der Waals surface area contributed by atoms with Crippen LogP contribution in [0, 0.1) is 0 Å². The van der Waals surface area contributed by atoms with E-state index in [4.69, 9.17) is 0 Å². The van der Waals surface area contributed by atoms with Gasteiger partial charge in [0.15, 0.2) is 5.55 Å². The SMILES string of the molecule is COP(Br)Br. The molecule has 0 aliphatic heterocycles. The van der Waals surface area contributed by atoms with Crippen molar-refractivity contribution in [2.45, 2.75) is 0 Å². The van der Waals surface area contributed by atoms with Crippen LogP contribution in [-0.4, -0.2) is 7.11 Å². The molecule has 0 fully saturated rings. The third-order valence-electron chi connectivity index (χ3n) is 0.138. The molecule has 4 heteroatoms. The van der Waals surface area contributed by atoms with Gasteiger partial charge in [0.05, 0.1) is 0 Å². The Morgan fingerprint density at radius 3 is 1.80 bits per heavy atom. The van der Waals surface area contributed by atoms with E-state index >= 15 is 0 Å². The van der Waals surface area contributed by atoms with Gasteiger partial charge in [-0.05, 0) is 31.0 Å². The molecule has 0 unspecified atom stereocenters. The molecule has 0 aliphatic carbocycles. The largest absolute Gasteiger partial charge is 0.342 e. The van der Waals surface area contributed by atoms with Gasteiger partial charge in [-0.15, -0.1) is 0 Å². The third-order valence-corrected chi connectivity index (χ3v) is 2.15. The molecule has 0 amide bonds. The minimum atomic E-state index is -0.473. The van der Waals surface area contributed by atoms with Crippen molar-refractivity contribution in [2.75, 3.05) is 7.11 Å². The van der Waals surface area contributed by atoms with E-state index in [2.05, 4.69) is 35.5 Å². The smallest absolute Gasteiger partial charge is 0.170 e. The zero-order valence-corrected chi connectivity index (χ0v) is 6.68. The number of hydrogen-bond donors (Lipinski definition) is 0. The summed E-state index contributed by atoms with van der Waals surface area (Å²) in [4.78, 5) is 0. The molecule has 0 aromatic rings. The minimum Gasteiger partial charge on any atom is -0.342 e. The Morgan fingerprint density at radius 2 is 1.80 bits per heavy atom. The highest BCUT2D eigenvalue weighted by Gasteiger charge is 1.85. The fourth-order valence-corrected chi connectivity index (χ4v) is 0. The minimum absolute atomic E-state index is 0.473. The van der Waals surface area contributed by atoms with Gasteiger partial charge in [0.2, 0.25) is 0 Å². The van der Waals surface area contributed by atoms with Crippen LogP contribution >= 0.6 is 36.5 Å². The van der Waals surface area contributed by atoms with E-state index in [9.17, 15) is 0 Å². The molecule has 5 heavy (non-hydrogen) atoms. The second kappa shape index (κ2) is 3.54. The van der Waals surface area contributed by atoms with E-state index in [1.54, 1.807) is 7.11 Å². The zero-order valence-electron chi connectivity index (χ0n) is 2.61. The van der Waals surface area contributed by atoms with E-state index < -0.39 is 5.55 Å². The molecule has 0 heterocycles. The van der Waals surface area contributed by atoms with Crippen molar-refractivity contribution in [1.82, 2.24) is 0 Å². The van der Waals surface area contributed by atoms with Gasteiger partial charge in [-0.25, -0.2) is 0 Å². The summed E-state index contributed by atoms with van der Waals surface area (Å²) in [5.74, 6) is 0. The quantitative estimate of drug-likeness (QED) is 0.619. The van der Waals surface area contributed by atoms with Crippen molar-refractivity contribution in [1.29, 1.82) is 0 Å². The predicted molar refractivity (Wildman–Crippen MR) is 31.8 cm³/mol. The molecule has 0 radical (unpaired) electrons. The van der Waals surface area contributed by atoms with E-state index in [0.29, 0.717) is 0 Å². The van der Waals surface area contributed by atoms with Crippen LogP contribution in [-0.2, 0) is 4.52 Å². The molecule has 0 aromatic heterocycles. The van der Waals surface area contributed by atoms with Crippen LogP contribution in [0.15, 0.2) is 0 Å². The van der Waals surface area contributed by atoms with Crippen LogP contribution in [0.3, 0.4) is 0 Å². The van der Waals surface area contributed by atoms with Crippen LogP contribution in [0.5, 0.6) is 0 Å². The first-order valence-electron chi connectivity index (χ1n) is 0.929. The molecule has 32 valence electrons. The molecule has 0 aromatic carbocycles. The van der Waals surface area contributed by atoms with Gasteiger partial charge in [-0.1, -0.05) is 0 Å². The Balaban J connectivity index is 2.54. The number of rotatable bonds is 1. The maximum absolute atomic E-state index is 4.65. The van der Waals surface area contributed by atoms with Crippen molar-refractivity contribution in [3.63, 3.8) is 0 Å². The molecule has 0 N–H and O–H groups in total. The van der Waals surface area contributed by atoms with E-state index in [0.717, 1.165) is 0 Å². The Hall–Kier alpha value is 1.35. The van der Waals surface area contributed by atoms with Gasteiger partial charge in [-0.2, -0.15) is 0 Å². The Bertz CT molecular complexity index is 23.6. The average Bonchev–Trinajstić information content (AvgIpc) is 1.38. The van der Waals surface area contributed by atoms with Crippen LogP contribution in [0.2, 0.25) is 0 Å². The maximum atomic E-state index is 4.65. The molecular formula is CH3Br2OP. The number of halogens is 2. The van der Waals surface area contributed by atoms with Crippen molar-refractivity contribution < 1.29 is 4.52 Å². The summed E-state index contributed by atoms with van der Waals surface area (Å²) in [6, 6.07) is 0. The summed E-state index contributed by atoms with van der Waals surface area (Å²) in [7, 11) is 1.63. The summed E-state index contributed by atoms with van der Waals surface area (Å²) in [5, 5.41) is 0. The summed E-state index contributed by atoms with van der Waals surface area (Å²) in [5.41, 5.74) is -0.473. The highest BCUT2D eigenvalue weighted by atomic mass is 79.9. The predicted octanol–water partition coefficient (Wildman–Crippen LogP) is 2.65. The lowest BCUT2D eigenvalue weighted by Crippen LogP contribution is -1.50. The van der Waals surface area contributed by atoms with E-state index in [1.807, 2.05) is 0 Å². The van der Waals surface area contributed by atoms with Crippen molar-refractivity contribution in [3.8, 4) is 0 Å². The summed E-state index contributed by atoms with van der Waals surface area (Å²) >= 11 is 6.27. The molecule has 0 rings (SSSR count). The first kappa shape index (κ1) is 6.35. The monoisotopic (exact) mass is 220 g/mol. The highest BCUT2D eigenvalue weighted by Crippen LogP contribution is 2.51. The molecule has 0 saturated heterocycles. The Labute approximate surface area is 48.4 Å². The topological polar surface area (TPSA) is 9.23 Å². The molecule has 0 spiro atoms. The Morgan fingerprint density at radius 1 is 1.60 bits per heavy atom. The second-order valence-corrected chi connectivity index (χ2v) is 7.87. The molecule has 0 atom stereocenters. The van der Waals surface area contributed by atoms with Crippen LogP contribution < -0.4 is 0 Å². The fraction of sp³-hybridized carbons (Fsp3) is 1.00. The van der Waals surface area contributed by atoms with Crippen molar-refractivity contribution in [3.05, 3.63) is 0 Å². The van der Waals surface area contributed by atoms with Crippen LogP contribution in [0.25, 0.3) is 0 Å². The third kappa shape index (κ3) is 5.35. The zero-order chi connectivity index (χ0) is 4.28. The lowest BCUT2D eigenvalue weighted by atomic mass is 11.8. The molecule has 0 bridgehead atoms. The molecule has 0 saturated carbocycles. The maximum Gasteiger partial charge on any atom is 0.170 e. The average molecular weight is 222 g/mol. The van der Waals surface area contributed by atoms with Gasteiger partial charge in [0, 0.05) is 7.11 Å². The lowest BCUT2D eigenvalue weighted by Gasteiger charge is -1.88. The molecule has 0 aliphatic rings. The fourth-order valence-electron chi connectivity index (χ4n) is 0. The summed E-state index contributed by atoms with van der Waals surface area (Å²) < 4.78 is 4.65.